The van der Waals surface area contributed by atoms with E-state index in [4.69, 9.17) is 4.74 Å². The summed E-state index contributed by atoms with van der Waals surface area (Å²) < 4.78 is 5.45. The number of hydrogen-bond acceptors (Lipinski definition) is 6. The fourth-order valence-corrected chi connectivity index (χ4v) is 4.52. The van der Waals surface area contributed by atoms with E-state index in [1.54, 1.807) is 16.2 Å². The highest BCUT2D eigenvalue weighted by Crippen LogP contribution is 2.39. The molecule has 3 aromatic rings. The van der Waals surface area contributed by atoms with Crippen LogP contribution in [-0.4, -0.2) is 61.5 Å². The van der Waals surface area contributed by atoms with Crippen LogP contribution in [0.4, 0.5) is 11.4 Å². The van der Waals surface area contributed by atoms with Crippen molar-refractivity contribution in [2.75, 3.05) is 50.8 Å². The van der Waals surface area contributed by atoms with Crippen molar-refractivity contribution < 1.29 is 14.6 Å². The van der Waals surface area contributed by atoms with E-state index in [2.05, 4.69) is 58.9 Å². The third-order valence-electron chi connectivity index (χ3n) is 6.38. The largest absolute Gasteiger partial charge is 0.478 e. The average Bonchev–Trinajstić information content (AvgIpc) is 3.12. The number of nitrogens with one attached hydrogen (secondary N) is 1. The zero-order valence-corrected chi connectivity index (χ0v) is 18.9. The van der Waals surface area contributed by atoms with Gasteiger partial charge in [-0.2, -0.15) is 0 Å². The summed E-state index contributed by atoms with van der Waals surface area (Å²) in [5.41, 5.74) is 10.4. The monoisotopic (exact) mass is 444 g/mol. The first kappa shape index (κ1) is 21.5. The smallest absolute Gasteiger partial charge is 0.337 e. The Morgan fingerprint density at radius 1 is 0.939 bits per heavy atom. The van der Waals surface area contributed by atoms with Crippen molar-refractivity contribution in [2.24, 2.45) is 0 Å². The van der Waals surface area contributed by atoms with Gasteiger partial charge in [0.2, 0.25) is 0 Å². The Hall–Kier alpha value is -3.39. The summed E-state index contributed by atoms with van der Waals surface area (Å²) in [5, 5.41) is 13.4. The molecule has 1 saturated heterocycles. The lowest BCUT2D eigenvalue weighted by molar-refractivity contribution is 0.0342. The third kappa shape index (κ3) is 4.30. The van der Waals surface area contributed by atoms with Crippen LogP contribution in [0.2, 0.25) is 0 Å². The van der Waals surface area contributed by atoms with E-state index in [1.165, 1.54) is 11.1 Å². The molecular formula is C26H28N4O3. The Balaban J connectivity index is 1.41. The molecule has 0 atom stereocenters. The van der Waals surface area contributed by atoms with Crippen LogP contribution >= 0.6 is 0 Å². The van der Waals surface area contributed by atoms with Crippen molar-refractivity contribution in [3.05, 3.63) is 71.8 Å². The van der Waals surface area contributed by atoms with Crippen LogP contribution in [0.5, 0.6) is 0 Å². The predicted molar refractivity (Wildman–Crippen MR) is 130 cm³/mol. The number of rotatable bonds is 5. The highest BCUT2D eigenvalue weighted by molar-refractivity contribution is 6.01. The van der Waals surface area contributed by atoms with Crippen molar-refractivity contribution in [3.63, 3.8) is 0 Å². The zero-order chi connectivity index (χ0) is 22.9. The van der Waals surface area contributed by atoms with Crippen LogP contribution in [0.1, 0.15) is 15.9 Å². The number of carboxylic acid groups (broad SMARTS) is 1. The topological polar surface area (TPSA) is 68.3 Å². The molecule has 2 aliphatic heterocycles. The molecule has 33 heavy (non-hydrogen) atoms. The Morgan fingerprint density at radius 2 is 1.64 bits per heavy atom. The van der Waals surface area contributed by atoms with E-state index < -0.39 is 5.97 Å². The summed E-state index contributed by atoms with van der Waals surface area (Å²) in [4.78, 5) is 14.3. The molecule has 7 nitrogen and oxygen atoms in total. The Morgan fingerprint density at radius 3 is 2.33 bits per heavy atom. The fraction of sp³-hybridized carbons (Fsp3) is 0.269. The van der Waals surface area contributed by atoms with Crippen LogP contribution in [0.25, 0.3) is 22.3 Å². The minimum absolute atomic E-state index is 0.279. The summed E-state index contributed by atoms with van der Waals surface area (Å²) >= 11 is 0. The number of benzene rings is 3. The molecule has 5 rings (SSSR count). The van der Waals surface area contributed by atoms with E-state index in [-0.39, 0.29) is 5.56 Å². The molecule has 0 aliphatic carbocycles. The number of ether oxygens (including phenoxy) is 1. The number of aromatic carboxylic acids is 1. The summed E-state index contributed by atoms with van der Waals surface area (Å²) in [6.45, 7) is 4.47. The lowest BCUT2D eigenvalue weighted by Crippen LogP contribution is -2.35. The second-order valence-electron chi connectivity index (χ2n) is 8.55. The number of anilines is 2. The average molecular weight is 445 g/mol. The summed E-state index contributed by atoms with van der Waals surface area (Å²) in [7, 11) is 3.69. The van der Waals surface area contributed by atoms with Gasteiger partial charge in [0, 0.05) is 33.7 Å². The molecule has 0 bridgehead atoms. The Labute approximate surface area is 193 Å². The second kappa shape index (κ2) is 8.86. The molecule has 0 radical (unpaired) electrons. The predicted octanol–water partition coefficient (Wildman–Crippen LogP) is 4.17. The van der Waals surface area contributed by atoms with Gasteiger partial charge in [-0.25, -0.2) is 4.79 Å². The number of morpholine rings is 1. The fourth-order valence-electron chi connectivity index (χ4n) is 4.52. The number of fused-ring (bicyclic) bond motifs is 1. The summed E-state index contributed by atoms with van der Waals surface area (Å²) in [6.07, 6.45) is 0. The van der Waals surface area contributed by atoms with Gasteiger partial charge in [-0.05, 0) is 46.0 Å². The van der Waals surface area contributed by atoms with Gasteiger partial charge in [0.25, 0.3) is 0 Å². The van der Waals surface area contributed by atoms with E-state index >= 15 is 0 Å². The lowest BCUT2D eigenvalue weighted by Gasteiger charge is -2.26. The Kier molecular flexibility index (Phi) is 5.76. The zero-order valence-electron chi connectivity index (χ0n) is 18.9. The molecular weight excluding hydrogens is 416 g/mol. The van der Waals surface area contributed by atoms with Gasteiger partial charge in [0.05, 0.1) is 30.2 Å². The summed E-state index contributed by atoms with van der Waals surface area (Å²) in [6, 6.07) is 20.7. The highest BCUT2D eigenvalue weighted by atomic mass is 16.5. The third-order valence-corrected chi connectivity index (χ3v) is 6.38. The normalized spacial score (nSPS) is 16.5. The maximum atomic E-state index is 11.9. The van der Waals surface area contributed by atoms with E-state index in [0.29, 0.717) is 5.69 Å². The first-order valence-electron chi connectivity index (χ1n) is 11.1. The minimum Gasteiger partial charge on any atom is -0.478 e. The first-order valence-corrected chi connectivity index (χ1v) is 11.1. The number of carboxylic acids is 1. The van der Waals surface area contributed by atoms with Gasteiger partial charge in [-0.3, -0.25) is 15.3 Å². The highest BCUT2D eigenvalue weighted by Gasteiger charge is 2.27. The summed E-state index contributed by atoms with van der Waals surface area (Å²) in [5.74, 6) is -0.939. The van der Waals surface area contributed by atoms with E-state index in [0.717, 1.165) is 55.2 Å². The van der Waals surface area contributed by atoms with E-state index in [1.807, 2.05) is 20.2 Å². The van der Waals surface area contributed by atoms with Crippen LogP contribution < -0.4 is 10.4 Å². The molecule has 0 amide bonds. The van der Waals surface area contributed by atoms with Gasteiger partial charge in [-0.1, -0.05) is 42.5 Å². The quantitative estimate of drug-likeness (QED) is 0.612. The van der Waals surface area contributed by atoms with Gasteiger partial charge in [-0.15, -0.1) is 5.12 Å². The molecule has 1 fully saturated rings. The van der Waals surface area contributed by atoms with Crippen LogP contribution in [0, 0.1) is 0 Å². The molecule has 3 aromatic carbocycles. The van der Waals surface area contributed by atoms with Crippen molar-refractivity contribution in [2.45, 2.75) is 6.54 Å². The molecule has 0 unspecified atom stereocenters. The molecule has 170 valence electrons. The van der Waals surface area contributed by atoms with Gasteiger partial charge in [0.1, 0.15) is 0 Å². The number of hydrogen-bond donors (Lipinski definition) is 2. The maximum absolute atomic E-state index is 11.9. The molecule has 0 spiro atoms. The molecule has 7 heteroatoms. The van der Waals surface area contributed by atoms with Crippen LogP contribution in [0.15, 0.2) is 60.7 Å². The van der Waals surface area contributed by atoms with Gasteiger partial charge >= 0.3 is 5.97 Å². The van der Waals surface area contributed by atoms with Gasteiger partial charge < -0.3 is 9.84 Å². The molecule has 2 N–H and O–H groups in total. The minimum atomic E-state index is -0.939. The van der Waals surface area contributed by atoms with Crippen molar-refractivity contribution in [1.29, 1.82) is 0 Å². The lowest BCUT2D eigenvalue weighted by atomic mass is 9.97. The van der Waals surface area contributed by atoms with Crippen LogP contribution in [-0.2, 0) is 11.3 Å². The molecule has 2 heterocycles. The standard InChI is InChI=1S/C26H28N4O3/c1-28-25-23(26(31)32)15-22(16-24(25)27-29(28)2)20-8-6-19(7-9-20)21-5-3-4-18(14-21)17-30-10-12-33-13-11-30/h3-9,14-16,27H,10-13,17H2,1-2H3,(H,31,32). The number of hydrazine groups is 2. The van der Waals surface area contributed by atoms with Crippen LogP contribution in [0.3, 0.4) is 0 Å². The molecule has 0 aromatic heterocycles. The van der Waals surface area contributed by atoms with Gasteiger partial charge in [0.15, 0.2) is 0 Å². The SMILES string of the molecule is CN1Nc2cc(-c3ccc(-c4cccc(CN5CCOCC5)c4)cc3)cc(C(=O)O)c2N1C. The van der Waals surface area contributed by atoms with E-state index in [9.17, 15) is 9.90 Å². The van der Waals surface area contributed by atoms with Crippen molar-refractivity contribution >= 4 is 17.3 Å². The maximum Gasteiger partial charge on any atom is 0.337 e. The molecule has 2 aliphatic rings. The number of nitrogens with zero attached hydrogens (tertiary/aromatic N) is 3. The first-order chi connectivity index (χ1) is 16.0. The molecule has 0 saturated carbocycles. The van der Waals surface area contributed by atoms with Crippen molar-refractivity contribution in [1.82, 2.24) is 10.0 Å². The second-order valence-corrected chi connectivity index (χ2v) is 8.55. The number of carbonyl (C=O) groups is 1. The van der Waals surface area contributed by atoms with Crippen molar-refractivity contribution in [3.8, 4) is 22.3 Å². The Bertz CT molecular complexity index is 1170.